The number of hydrogen-bond acceptors (Lipinski definition) is 2. The molecule has 1 aromatic carbocycles. The van der Waals surface area contributed by atoms with E-state index in [4.69, 9.17) is 10.5 Å². The first-order chi connectivity index (χ1) is 6.74. The minimum Gasteiger partial charge on any atom is -0.496 e. The predicted octanol–water partition coefficient (Wildman–Crippen LogP) is 2.67. The van der Waals surface area contributed by atoms with E-state index >= 15 is 0 Å². The molecule has 1 atom stereocenters. The summed E-state index contributed by atoms with van der Waals surface area (Å²) in [5.74, 6) is 0.953. The quantitative estimate of drug-likeness (QED) is 0.798. The van der Waals surface area contributed by atoms with Gasteiger partial charge in [-0.2, -0.15) is 0 Å². The summed E-state index contributed by atoms with van der Waals surface area (Å²) in [6, 6.07) is 6.21. The van der Waals surface area contributed by atoms with E-state index in [1.807, 2.05) is 12.1 Å². The molecular formula is C12H19NO. The highest BCUT2D eigenvalue weighted by molar-refractivity contribution is 5.41. The number of rotatable bonds is 4. The molecule has 14 heavy (non-hydrogen) atoms. The van der Waals surface area contributed by atoms with E-state index in [0.717, 1.165) is 18.6 Å². The molecule has 0 radical (unpaired) electrons. The number of nitrogens with two attached hydrogens (primary N) is 1. The zero-order chi connectivity index (χ0) is 10.6. The van der Waals surface area contributed by atoms with Crippen molar-refractivity contribution >= 4 is 0 Å². The van der Waals surface area contributed by atoms with Gasteiger partial charge in [-0.1, -0.05) is 26.0 Å². The van der Waals surface area contributed by atoms with Gasteiger partial charge in [-0.25, -0.2) is 0 Å². The number of methoxy groups -OCH3 is 1. The Morgan fingerprint density at radius 3 is 2.57 bits per heavy atom. The van der Waals surface area contributed by atoms with E-state index in [1.165, 1.54) is 11.1 Å². The highest BCUT2D eigenvalue weighted by Gasteiger charge is 2.11. The number of benzene rings is 1. The molecule has 2 N–H and O–H groups in total. The zero-order valence-corrected chi connectivity index (χ0v) is 9.21. The Labute approximate surface area is 86.1 Å². The summed E-state index contributed by atoms with van der Waals surface area (Å²) in [6.07, 6.45) is 1.92. The summed E-state index contributed by atoms with van der Waals surface area (Å²) in [5, 5.41) is 0. The van der Waals surface area contributed by atoms with Gasteiger partial charge in [0.15, 0.2) is 0 Å². The standard InChI is InChI=1S/C12H19NO/c1-4-9-10(11(13)5-2)7-6-8-12(9)14-3/h6-8,11H,4-5,13H2,1-3H3/t11-/m1/s1. The minimum absolute atomic E-state index is 0.125. The average molecular weight is 193 g/mol. The molecule has 0 unspecified atom stereocenters. The van der Waals surface area contributed by atoms with Crippen LogP contribution in [-0.2, 0) is 6.42 Å². The molecule has 0 heterocycles. The van der Waals surface area contributed by atoms with Crippen molar-refractivity contribution in [1.29, 1.82) is 0 Å². The van der Waals surface area contributed by atoms with Crippen LogP contribution in [0.25, 0.3) is 0 Å². The molecule has 1 rings (SSSR count). The molecule has 0 amide bonds. The highest BCUT2D eigenvalue weighted by Crippen LogP contribution is 2.27. The van der Waals surface area contributed by atoms with Gasteiger partial charge in [-0.15, -0.1) is 0 Å². The number of hydrogen-bond donors (Lipinski definition) is 1. The Hall–Kier alpha value is -1.02. The lowest BCUT2D eigenvalue weighted by molar-refractivity contribution is 0.408. The fourth-order valence-corrected chi connectivity index (χ4v) is 1.72. The predicted molar refractivity (Wildman–Crippen MR) is 59.6 cm³/mol. The maximum atomic E-state index is 6.04. The third-order valence-electron chi connectivity index (χ3n) is 2.58. The maximum Gasteiger partial charge on any atom is 0.122 e. The van der Waals surface area contributed by atoms with Crippen molar-refractivity contribution in [3.63, 3.8) is 0 Å². The van der Waals surface area contributed by atoms with Crippen LogP contribution in [0.3, 0.4) is 0 Å². The van der Waals surface area contributed by atoms with Gasteiger partial charge in [0.2, 0.25) is 0 Å². The molecule has 0 saturated heterocycles. The Balaban J connectivity index is 3.14. The minimum atomic E-state index is 0.125. The first-order valence-corrected chi connectivity index (χ1v) is 5.15. The molecule has 0 aliphatic rings. The summed E-state index contributed by atoms with van der Waals surface area (Å²) >= 11 is 0. The van der Waals surface area contributed by atoms with Crippen LogP contribution in [-0.4, -0.2) is 7.11 Å². The van der Waals surface area contributed by atoms with Crippen molar-refractivity contribution < 1.29 is 4.74 Å². The normalized spacial score (nSPS) is 12.6. The third kappa shape index (κ3) is 2.07. The highest BCUT2D eigenvalue weighted by atomic mass is 16.5. The second-order valence-electron chi connectivity index (χ2n) is 3.40. The van der Waals surface area contributed by atoms with Gasteiger partial charge in [-0.05, 0) is 30.0 Å². The molecule has 0 saturated carbocycles. The zero-order valence-electron chi connectivity index (χ0n) is 9.21. The van der Waals surface area contributed by atoms with Gasteiger partial charge in [0.1, 0.15) is 5.75 Å². The Morgan fingerprint density at radius 1 is 1.36 bits per heavy atom. The largest absolute Gasteiger partial charge is 0.496 e. The lowest BCUT2D eigenvalue weighted by atomic mass is 9.97. The molecule has 0 spiro atoms. The van der Waals surface area contributed by atoms with Gasteiger partial charge in [0.05, 0.1) is 7.11 Å². The summed E-state index contributed by atoms with van der Waals surface area (Å²) in [7, 11) is 1.70. The van der Waals surface area contributed by atoms with Crippen LogP contribution < -0.4 is 10.5 Å². The van der Waals surface area contributed by atoms with E-state index in [9.17, 15) is 0 Å². The summed E-state index contributed by atoms with van der Waals surface area (Å²) in [5.41, 5.74) is 8.50. The molecule has 78 valence electrons. The van der Waals surface area contributed by atoms with Gasteiger partial charge in [0, 0.05) is 6.04 Å². The average Bonchev–Trinajstić information content (AvgIpc) is 2.26. The van der Waals surface area contributed by atoms with Crippen molar-refractivity contribution in [1.82, 2.24) is 0 Å². The van der Waals surface area contributed by atoms with Crippen LogP contribution >= 0.6 is 0 Å². The first kappa shape index (κ1) is 11.1. The smallest absolute Gasteiger partial charge is 0.122 e. The Bertz CT molecular complexity index is 296. The van der Waals surface area contributed by atoms with Crippen LogP contribution in [0.5, 0.6) is 5.75 Å². The van der Waals surface area contributed by atoms with Gasteiger partial charge in [0.25, 0.3) is 0 Å². The molecule has 0 aromatic heterocycles. The van der Waals surface area contributed by atoms with Crippen molar-refractivity contribution in [3.05, 3.63) is 29.3 Å². The van der Waals surface area contributed by atoms with Gasteiger partial charge in [-0.3, -0.25) is 0 Å². The van der Waals surface area contributed by atoms with E-state index in [0.29, 0.717) is 0 Å². The van der Waals surface area contributed by atoms with Crippen molar-refractivity contribution in [2.75, 3.05) is 7.11 Å². The summed E-state index contributed by atoms with van der Waals surface area (Å²) < 4.78 is 5.32. The molecule has 1 aromatic rings. The van der Waals surface area contributed by atoms with E-state index in [1.54, 1.807) is 7.11 Å². The van der Waals surface area contributed by atoms with Crippen LogP contribution in [0.1, 0.15) is 37.4 Å². The van der Waals surface area contributed by atoms with Crippen molar-refractivity contribution in [2.24, 2.45) is 5.73 Å². The van der Waals surface area contributed by atoms with E-state index in [-0.39, 0.29) is 6.04 Å². The molecule has 0 bridgehead atoms. The van der Waals surface area contributed by atoms with Gasteiger partial charge < -0.3 is 10.5 Å². The second kappa shape index (κ2) is 5.01. The summed E-state index contributed by atoms with van der Waals surface area (Å²) in [4.78, 5) is 0. The van der Waals surface area contributed by atoms with E-state index < -0.39 is 0 Å². The van der Waals surface area contributed by atoms with Gasteiger partial charge >= 0.3 is 0 Å². The third-order valence-corrected chi connectivity index (χ3v) is 2.58. The van der Waals surface area contributed by atoms with Crippen LogP contribution in [0.4, 0.5) is 0 Å². The molecule has 2 heteroatoms. The lowest BCUT2D eigenvalue weighted by Crippen LogP contribution is -2.11. The van der Waals surface area contributed by atoms with E-state index in [2.05, 4.69) is 19.9 Å². The van der Waals surface area contributed by atoms with Crippen LogP contribution in [0.15, 0.2) is 18.2 Å². The number of ether oxygens (including phenoxy) is 1. The second-order valence-corrected chi connectivity index (χ2v) is 3.40. The van der Waals surface area contributed by atoms with Crippen molar-refractivity contribution in [2.45, 2.75) is 32.7 Å². The molecule has 0 aliphatic heterocycles. The first-order valence-electron chi connectivity index (χ1n) is 5.15. The fraction of sp³-hybridized carbons (Fsp3) is 0.500. The molecule has 2 nitrogen and oxygen atoms in total. The molecular weight excluding hydrogens is 174 g/mol. The Morgan fingerprint density at radius 2 is 2.07 bits per heavy atom. The fourth-order valence-electron chi connectivity index (χ4n) is 1.72. The SMILES string of the molecule is CCc1c(OC)cccc1[C@H](N)CC. The topological polar surface area (TPSA) is 35.2 Å². The molecule has 0 aliphatic carbocycles. The lowest BCUT2D eigenvalue weighted by Gasteiger charge is -2.16. The van der Waals surface area contributed by atoms with Crippen molar-refractivity contribution in [3.8, 4) is 5.75 Å². The Kier molecular flexibility index (Phi) is 3.96. The monoisotopic (exact) mass is 193 g/mol. The maximum absolute atomic E-state index is 6.04. The molecule has 0 fully saturated rings. The summed E-state index contributed by atoms with van der Waals surface area (Å²) in [6.45, 7) is 4.23. The van der Waals surface area contributed by atoms with Crippen LogP contribution in [0.2, 0.25) is 0 Å². The van der Waals surface area contributed by atoms with Crippen LogP contribution in [0, 0.1) is 0 Å².